The minimum Gasteiger partial charge on any atom is -0.233 e. The summed E-state index contributed by atoms with van der Waals surface area (Å²) in [7, 11) is 0. The Hall–Kier alpha value is -2.15. The van der Waals surface area contributed by atoms with Crippen molar-refractivity contribution in [2.75, 3.05) is 0 Å². The largest absolute Gasteiger partial charge is 0.233 e. The maximum Gasteiger partial charge on any atom is 0.165 e. The van der Waals surface area contributed by atoms with E-state index in [9.17, 15) is 0 Å². The summed E-state index contributed by atoms with van der Waals surface area (Å²) in [5, 5.41) is 0. The van der Waals surface area contributed by atoms with E-state index in [1.807, 2.05) is 36.4 Å². The fraction of sp³-hybridized carbons (Fsp3) is 0.333. The lowest BCUT2D eigenvalue weighted by atomic mass is 9.76. The molecule has 1 unspecified atom stereocenters. The summed E-state index contributed by atoms with van der Waals surface area (Å²) in [6.07, 6.45) is 8.89. The Morgan fingerprint density at radius 1 is 0.920 bits per heavy atom. The Bertz CT molecular complexity index is 752. The van der Waals surface area contributed by atoms with Gasteiger partial charge in [-0.1, -0.05) is 92.6 Å². The van der Waals surface area contributed by atoms with Gasteiger partial charge in [0.1, 0.15) is 0 Å². The molecule has 0 N–H and O–H groups in total. The number of rotatable bonds is 6. The van der Waals surface area contributed by atoms with Crippen LogP contribution in [-0.2, 0) is 12.1 Å². The molecule has 1 aliphatic carbocycles. The van der Waals surface area contributed by atoms with Crippen molar-refractivity contribution in [3.8, 4) is 0 Å². The molecule has 0 bridgehead atoms. The Morgan fingerprint density at radius 3 is 2.28 bits per heavy atom. The Balaban J connectivity index is 1.98. The highest BCUT2D eigenvalue weighted by atomic mass is 19.1. The minimum atomic E-state index is -1.45. The fourth-order valence-corrected chi connectivity index (χ4v) is 3.56. The summed E-state index contributed by atoms with van der Waals surface area (Å²) in [5.41, 5.74) is 3.55. The molecule has 0 spiro atoms. The molecule has 0 aromatic heterocycles. The van der Waals surface area contributed by atoms with Crippen LogP contribution in [0, 0.1) is 0 Å². The average Bonchev–Trinajstić information content (AvgIpc) is 2.67. The molecule has 0 fully saturated rings. The molecular weight excluding hydrogens is 307 g/mol. The highest BCUT2D eigenvalue weighted by molar-refractivity contribution is 5.77. The third-order valence-electron chi connectivity index (χ3n) is 5.15. The first-order valence-corrected chi connectivity index (χ1v) is 9.41. The van der Waals surface area contributed by atoms with Gasteiger partial charge in [0.15, 0.2) is 5.67 Å². The fourth-order valence-electron chi connectivity index (χ4n) is 3.56. The molecular formula is C24H27F. The first-order chi connectivity index (χ1) is 12.2. The number of alkyl halides is 1. The predicted octanol–water partition coefficient (Wildman–Crippen LogP) is 7.02. The van der Waals surface area contributed by atoms with Crippen molar-refractivity contribution in [3.05, 3.63) is 89.0 Å². The van der Waals surface area contributed by atoms with E-state index in [0.717, 1.165) is 35.1 Å². The first kappa shape index (κ1) is 17.7. The highest BCUT2D eigenvalue weighted by Crippen LogP contribution is 2.47. The number of halogens is 1. The maximum absolute atomic E-state index is 16.3. The SMILES string of the molecule is CCCCc1ccc(C2=CC=C(CC)CC2(F)c2ccccc2)cc1. The number of unbranched alkanes of at least 4 members (excludes halogenated alkanes) is 1. The van der Waals surface area contributed by atoms with Gasteiger partial charge in [-0.25, -0.2) is 4.39 Å². The van der Waals surface area contributed by atoms with Crippen LogP contribution in [0.1, 0.15) is 56.2 Å². The van der Waals surface area contributed by atoms with E-state index >= 15 is 4.39 Å². The van der Waals surface area contributed by atoms with Crippen LogP contribution in [0.4, 0.5) is 4.39 Å². The van der Waals surface area contributed by atoms with Gasteiger partial charge in [0.2, 0.25) is 0 Å². The quantitative estimate of drug-likeness (QED) is 0.532. The van der Waals surface area contributed by atoms with Crippen LogP contribution in [0.5, 0.6) is 0 Å². The molecule has 0 heterocycles. The second-order valence-electron chi connectivity index (χ2n) is 6.90. The van der Waals surface area contributed by atoms with Crippen molar-refractivity contribution in [1.29, 1.82) is 0 Å². The van der Waals surface area contributed by atoms with Crippen LogP contribution in [0.2, 0.25) is 0 Å². The van der Waals surface area contributed by atoms with Gasteiger partial charge >= 0.3 is 0 Å². The van der Waals surface area contributed by atoms with Crippen LogP contribution in [0.15, 0.2) is 72.3 Å². The maximum atomic E-state index is 16.3. The van der Waals surface area contributed by atoms with Gasteiger partial charge in [-0.3, -0.25) is 0 Å². The molecule has 130 valence electrons. The molecule has 2 aromatic rings. The Morgan fingerprint density at radius 2 is 1.64 bits per heavy atom. The van der Waals surface area contributed by atoms with Gasteiger partial charge in [0, 0.05) is 12.0 Å². The molecule has 0 saturated carbocycles. The molecule has 25 heavy (non-hydrogen) atoms. The van der Waals surface area contributed by atoms with Crippen LogP contribution in [-0.4, -0.2) is 0 Å². The first-order valence-electron chi connectivity index (χ1n) is 9.41. The Kier molecular flexibility index (Phi) is 5.53. The van der Waals surface area contributed by atoms with Crippen molar-refractivity contribution in [2.24, 2.45) is 0 Å². The summed E-state index contributed by atoms with van der Waals surface area (Å²) in [5.74, 6) is 0. The topological polar surface area (TPSA) is 0 Å². The third kappa shape index (κ3) is 3.76. The number of hydrogen-bond donors (Lipinski definition) is 0. The summed E-state index contributed by atoms with van der Waals surface area (Å²) >= 11 is 0. The van der Waals surface area contributed by atoms with Crippen LogP contribution in [0.3, 0.4) is 0 Å². The molecule has 1 atom stereocenters. The van der Waals surface area contributed by atoms with Crippen LogP contribution >= 0.6 is 0 Å². The molecule has 1 heteroatoms. The normalized spacial score (nSPS) is 20.1. The van der Waals surface area contributed by atoms with Crippen molar-refractivity contribution < 1.29 is 4.39 Å². The Labute approximate surface area is 151 Å². The van der Waals surface area contributed by atoms with E-state index in [1.165, 1.54) is 18.4 Å². The lowest BCUT2D eigenvalue weighted by Gasteiger charge is -2.33. The van der Waals surface area contributed by atoms with Gasteiger partial charge in [-0.05, 0) is 36.0 Å². The average molecular weight is 334 g/mol. The number of benzene rings is 2. The smallest absolute Gasteiger partial charge is 0.165 e. The van der Waals surface area contributed by atoms with E-state index in [0.29, 0.717) is 6.42 Å². The molecule has 3 rings (SSSR count). The number of aryl methyl sites for hydroxylation is 1. The van der Waals surface area contributed by atoms with E-state index in [-0.39, 0.29) is 0 Å². The van der Waals surface area contributed by atoms with Crippen molar-refractivity contribution >= 4 is 5.57 Å². The molecule has 2 aromatic carbocycles. The summed E-state index contributed by atoms with van der Waals surface area (Å²) in [6, 6.07) is 18.1. The lowest BCUT2D eigenvalue weighted by molar-refractivity contribution is 0.243. The van der Waals surface area contributed by atoms with E-state index in [2.05, 4.69) is 44.2 Å². The minimum absolute atomic E-state index is 0.441. The van der Waals surface area contributed by atoms with Gasteiger partial charge in [-0.15, -0.1) is 0 Å². The summed E-state index contributed by atoms with van der Waals surface area (Å²) < 4.78 is 16.3. The van der Waals surface area contributed by atoms with Gasteiger partial charge in [-0.2, -0.15) is 0 Å². The standard InChI is InChI=1S/C24H27F/c1-3-5-9-20-12-15-21(16-13-20)23-17-14-19(4-2)18-24(23,25)22-10-7-6-8-11-22/h6-8,10-17H,3-5,9,18H2,1-2H3. The number of hydrogen-bond acceptors (Lipinski definition) is 0. The molecule has 0 saturated heterocycles. The van der Waals surface area contributed by atoms with E-state index < -0.39 is 5.67 Å². The second-order valence-corrected chi connectivity index (χ2v) is 6.90. The molecule has 0 radical (unpaired) electrons. The second kappa shape index (κ2) is 7.82. The zero-order chi connectivity index (χ0) is 17.7. The molecule has 1 aliphatic rings. The van der Waals surface area contributed by atoms with Gasteiger partial charge in [0.25, 0.3) is 0 Å². The number of allylic oxidation sites excluding steroid dienone is 4. The summed E-state index contributed by atoms with van der Waals surface area (Å²) in [6.45, 7) is 4.30. The predicted molar refractivity (Wildman–Crippen MR) is 105 cm³/mol. The summed E-state index contributed by atoms with van der Waals surface area (Å²) in [4.78, 5) is 0. The zero-order valence-electron chi connectivity index (χ0n) is 15.3. The molecule has 0 nitrogen and oxygen atoms in total. The van der Waals surface area contributed by atoms with Crippen molar-refractivity contribution in [2.45, 2.75) is 51.6 Å². The lowest BCUT2D eigenvalue weighted by Crippen LogP contribution is -2.25. The van der Waals surface area contributed by atoms with Crippen LogP contribution in [0.25, 0.3) is 5.57 Å². The van der Waals surface area contributed by atoms with E-state index in [1.54, 1.807) is 0 Å². The molecule has 0 aliphatic heterocycles. The van der Waals surface area contributed by atoms with E-state index in [4.69, 9.17) is 0 Å². The molecule has 0 amide bonds. The van der Waals surface area contributed by atoms with Crippen LogP contribution < -0.4 is 0 Å². The van der Waals surface area contributed by atoms with Crippen molar-refractivity contribution in [1.82, 2.24) is 0 Å². The third-order valence-corrected chi connectivity index (χ3v) is 5.15. The highest BCUT2D eigenvalue weighted by Gasteiger charge is 2.39. The van der Waals surface area contributed by atoms with Gasteiger partial charge in [0.05, 0.1) is 0 Å². The van der Waals surface area contributed by atoms with Gasteiger partial charge < -0.3 is 0 Å². The zero-order valence-corrected chi connectivity index (χ0v) is 15.3. The van der Waals surface area contributed by atoms with Crippen molar-refractivity contribution in [3.63, 3.8) is 0 Å². The monoisotopic (exact) mass is 334 g/mol.